The van der Waals surface area contributed by atoms with E-state index >= 15 is 0 Å². The number of aliphatic hydroxyl groups is 1. The maximum absolute atomic E-state index is 12.2. The first-order valence-electron chi connectivity index (χ1n) is 18.0. The number of carbonyl (C=O) groups is 1. The first kappa shape index (κ1) is 34.1. The zero-order valence-corrected chi connectivity index (χ0v) is 27.7. The summed E-state index contributed by atoms with van der Waals surface area (Å²) in [4.78, 5) is 14.8. The summed E-state index contributed by atoms with van der Waals surface area (Å²) in [6.45, 7) is 15.1. The summed E-state index contributed by atoms with van der Waals surface area (Å²) in [6, 6.07) is 0.810. The highest BCUT2D eigenvalue weighted by Crippen LogP contribution is 2.67. The number of nitrogens with zero attached hydrogens (tertiary/aromatic N) is 1. The van der Waals surface area contributed by atoms with Crippen molar-refractivity contribution in [1.29, 1.82) is 0 Å². The molecular weight excluding hydrogens is 522 g/mol. The Morgan fingerprint density at radius 2 is 1.57 bits per heavy atom. The van der Waals surface area contributed by atoms with Crippen LogP contribution in [0.1, 0.15) is 118 Å². The molecule has 0 bridgehead atoms. The summed E-state index contributed by atoms with van der Waals surface area (Å²) in [7, 11) is 0. The zero-order valence-electron chi connectivity index (χ0n) is 27.7. The van der Waals surface area contributed by atoms with E-state index in [0.29, 0.717) is 52.9 Å². The Hall–Kier alpha value is -0.730. The third kappa shape index (κ3) is 7.91. The van der Waals surface area contributed by atoms with Gasteiger partial charge < -0.3 is 32.1 Å². The van der Waals surface area contributed by atoms with Crippen LogP contribution in [-0.2, 0) is 4.79 Å². The highest BCUT2D eigenvalue weighted by molar-refractivity contribution is 5.76. The molecule has 7 N–H and O–H groups in total. The summed E-state index contributed by atoms with van der Waals surface area (Å²) >= 11 is 0. The minimum Gasteiger partial charge on any atom is -0.393 e. The molecule has 244 valence electrons. The van der Waals surface area contributed by atoms with Crippen LogP contribution in [-0.4, -0.2) is 73.4 Å². The Bertz CT molecular complexity index is 832. The molecule has 42 heavy (non-hydrogen) atoms. The predicted octanol–water partition coefficient (Wildman–Crippen LogP) is 4.66. The summed E-state index contributed by atoms with van der Waals surface area (Å²) < 4.78 is 0. The molecule has 0 aromatic heterocycles. The summed E-state index contributed by atoms with van der Waals surface area (Å²) in [5.74, 6) is 3.32. The average Bonchev–Trinajstić information content (AvgIpc) is 3.28. The number of nitrogens with two attached hydrogens (primary N) is 2. The van der Waals surface area contributed by atoms with Crippen LogP contribution in [0.25, 0.3) is 0 Å². The third-order valence-corrected chi connectivity index (χ3v) is 12.7. The van der Waals surface area contributed by atoms with E-state index in [2.05, 4.69) is 29.4 Å². The molecule has 4 fully saturated rings. The van der Waals surface area contributed by atoms with Crippen LogP contribution in [0, 0.1) is 40.4 Å². The predicted molar refractivity (Wildman–Crippen MR) is 174 cm³/mol. The van der Waals surface area contributed by atoms with Crippen molar-refractivity contribution in [3.8, 4) is 0 Å². The van der Waals surface area contributed by atoms with E-state index in [1.165, 1.54) is 51.4 Å². The van der Waals surface area contributed by atoms with Crippen molar-refractivity contribution in [2.45, 2.75) is 136 Å². The van der Waals surface area contributed by atoms with Crippen molar-refractivity contribution in [3.63, 3.8) is 0 Å². The second-order valence-corrected chi connectivity index (χ2v) is 15.6. The van der Waals surface area contributed by atoms with Gasteiger partial charge in [-0.1, -0.05) is 13.8 Å². The molecule has 9 atom stereocenters. The Balaban J connectivity index is 1.28. The minimum atomic E-state index is -0.148. The van der Waals surface area contributed by atoms with E-state index in [1.54, 1.807) is 0 Å². The van der Waals surface area contributed by atoms with Gasteiger partial charge in [-0.25, -0.2) is 0 Å². The molecule has 0 saturated heterocycles. The highest BCUT2D eigenvalue weighted by Gasteiger charge is 2.62. The largest absolute Gasteiger partial charge is 0.393 e. The van der Waals surface area contributed by atoms with Gasteiger partial charge in [0.15, 0.2) is 0 Å². The second-order valence-electron chi connectivity index (χ2n) is 15.6. The van der Waals surface area contributed by atoms with Gasteiger partial charge in [0, 0.05) is 18.5 Å². The Morgan fingerprint density at radius 3 is 2.26 bits per heavy atom. The molecule has 4 aliphatic rings. The summed E-state index contributed by atoms with van der Waals surface area (Å²) in [5.41, 5.74) is 12.2. The fraction of sp³-hybridized carbons (Fsp3) is 0.971. The van der Waals surface area contributed by atoms with Crippen molar-refractivity contribution in [3.05, 3.63) is 0 Å². The van der Waals surface area contributed by atoms with E-state index in [-0.39, 0.29) is 18.1 Å². The fourth-order valence-corrected chi connectivity index (χ4v) is 10.5. The third-order valence-electron chi connectivity index (χ3n) is 12.7. The lowest BCUT2D eigenvalue weighted by Gasteiger charge is -2.62. The second kappa shape index (κ2) is 15.5. The van der Waals surface area contributed by atoms with E-state index < -0.39 is 0 Å². The molecular formula is C35H67N5O2. The molecule has 0 heterocycles. The molecule has 4 rings (SSSR count). The molecule has 4 aliphatic carbocycles. The van der Waals surface area contributed by atoms with Gasteiger partial charge in [0.05, 0.1) is 6.10 Å². The van der Waals surface area contributed by atoms with Crippen LogP contribution in [0.3, 0.4) is 0 Å². The fourth-order valence-electron chi connectivity index (χ4n) is 10.5. The number of hydrogen-bond donors (Lipinski definition) is 5. The molecule has 7 heteroatoms. The maximum Gasteiger partial charge on any atom is 0.220 e. The van der Waals surface area contributed by atoms with Gasteiger partial charge >= 0.3 is 0 Å². The number of amides is 1. The number of aliphatic hydroxyl groups excluding tert-OH is 1. The van der Waals surface area contributed by atoms with Crippen molar-refractivity contribution in [1.82, 2.24) is 15.5 Å². The van der Waals surface area contributed by atoms with Gasteiger partial charge in [0.2, 0.25) is 5.91 Å². The summed E-state index contributed by atoms with van der Waals surface area (Å²) in [6.07, 6.45) is 15.9. The van der Waals surface area contributed by atoms with Gasteiger partial charge in [-0.05, 0) is 177 Å². The topological polar surface area (TPSA) is 117 Å². The van der Waals surface area contributed by atoms with Crippen LogP contribution in [0.5, 0.6) is 0 Å². The molecule has 0 radical (unpaired) electrons. The first-order valence-corrected chi connectivity index (χ1v) is 18.0. The van der Waals surface area contributed by atoms with E-state index in [1.807, 2.05) is 13.8 Å². The summed E-state index contributed by atoms with van der Waals surface area (Å²) in [5, 5.41) is 18.7. The van der Waals surface area contributed by atoms with Gasteiger partial charge in [-0.3, -0.25) is 4.79 Å². The smallest absolute Gasteiger partial charge is 0.220 e. The minimum absolute atomic E-state index is 0.148. The van der Waals surface area contributed by atoms with Gasteiger partial charge in [0.1, 0.15) is 0 Å². The van der Waals surface area contributed by atoms with Crippen molar-refractivity contribution in [2.75, 3.05) is 39.3 Å². The highest BCUT2D eigenvalue weighted by atomic mass is 16.3. The molecule has 4 saturated carbocycles. The Morgan fingerprint density at radius 1 is 0.905 bits per heavy atom. The number of nitrogens with one attached hydrogen (secondary N) is 2. The van der Waals surface area contributed by atoms with Gasteiger partial charge in [-0.2, -0.15) is 0 Å². The zero-order chi connectivity index (χ0) is 30.3. The van der Waals surface area contributed by atoms with E-state index in [0.717, 1.165) is 71.4 Å². The number of hydrogen-bond acceptors (Lipinski definition) is 6. The molecule has 9 unspecified atom stereocenters. The van der Waals surface area contributed by atoms with Crippen LogP contribution in [0.15, 0.2) is 0 Å². The van der Waals surface area contributed by atoms with Gasteiger partial charge in [0.25, 0.3) is 0 Å². The Labute approximate surface area is 258 Å². The molecule has 0 aliphatic heterocycles. The standard InChI is InChI=1S/C35H67N5O2/c1-25(2)39-32(42)10-5-9-26-11-12-29-33-30(14-16-34(26,29)3)35(4)15-13-28(23-27(35)24-31(33)41)38-19-8-22-40(20-6-17-36)21-7-18-37/h25-31,33,38,41H,5-24,36-37H2,1-4H3,(H,39,42). The van der Waals surface area contributed by atoms with E-state index in [4.69, 9.17) is 11.5 Å². The molecule has 7 nitrogen and oxygen atoms in total. The van der Waals surface area contributed by atoms with Crippen molar-refractivity contribution < 1.29 is 9.90 Å². The van der Waals surface area contributed by atoms with Gasteiger partial charge in [-0.15, -0.1) is 0 Å². The monoisotopic (exact) mass is 590 g/mol. The average molecular weight is 590 g/mol. The SMILES string of the molecule is CC(C)NC(=O)CCCC1CCC2C3C(O)CC4CC(NCCCN(CCCN)CCCN)CCC4(C)C3CCC12C. The number of fused-ring (bicyclic) bond motifs is 5. The first-order chi connectivity index (χ1) is 20.1. The lowest BCUT2D eigenvalue weighted by atomic mass is 9.44. The number of carbonyl (C=O) groups excluding carboxylic acids is 1. The van der Waals surface area contributed by atoms with Crippen LogP contribution in [0.2, 0.25) is 0 Å². The van der Waals surface area contributed by atoms with E-state index in [9.17, 15) is 9.90 Å². The lowest BCUT2D eigenvalue weighted by Crippen LogP contribution is -2.59. The normalized spacial score (nSPS) is 37.9. The quantitative estimate of drug-likeness (QED) is 0.167. The molecule has 0 spiro atoms. The Kier molecular flexibility index (Phi) is 12.6. The van der Waals surface area contributed by atoms with Crippen molar-refractivity contribution >= 4 is 5.91 Å². The van der Waals surface area contributed by atoms with Crippen molar-refractivity contribution in [2.24, 2.45) is 51.9 Å². The molecule has 0 aromatic rings. The molecule has 1 amide bonds. The van der Waals surface area contributed by atoms with Crippen LogP contribution in [0.4, 0.5) is 0 Å². The van der Waals surface area contributed by atoms with Crippen LogP contribution >= 0.6 is 0 Å². The maximum atomic E-state index is 12.2. The lowest BCUT2D eigenvalue weighted by molar-refractivity contribution is -0.165. The number of rotatable bonds is 16. The molecule has 0 aromatic carbocycles. The van der Waals surface area contributed by atoms with Crippen LogP contribution < -0.4 is 22.1 Å².